The first-order valence-electron chi connectivity index (χ1n) is 7.79. The number of para-hydroxylation sites is 2. The van der Waals surface area contributed by atoms with Crippen molar-refractivity contribution in [1.29, 1.82) is 0 Å². The molecule has 1 fully saturated rings. The van der Waals surface area contributed by atoms with E-state index >= 15 is 0 Å². The molecule has 0 aliphatic carbocycles. The maximum absolute atomic E-state index is 12.9. The van der Waals surface area contributed by atoms with Crippen LogP contribution in [0.15, 0.2) is 28.7 Å². The number of rotatable bonds is 2. The molecule has 1 aromatic heterocycles. The van der Waals surface area contributed by atoms with Crippen LogP contribution in [0.25, 0.3) is 0 Å². The van der Waals surface area contributed by atoms with Gasteiger partial charge in [-0.2, -0.15) is 0 Å². The van der Waals surface area contributed by atoms with Gasteiger partial charge in [-0.3, -0.25) is 4.79 Å². The predicted molar refractivity (Wildman–Crippen MR) is 80.7 cm³/mol. The van der Waals surface area contributed by atoms with Crippen molar-refractivity contribution in [3.8, 4) is 11.5 Å². The van der Waals surface area contributed by atoms with Crippen LogP contribution in [0, 0.1) is 6.92 Å². The van der Waals surface area contributed by atoms with Gasteiger partial charge in [-0.05, 0) is 12.1 Å². The zero-order chi connectivity index (χ0) is 16.5. The maximum Gasteiger partial charge on any atom is 0.268 e. The molecule has 1 amide bonds. The van der Waals surface area contributed by atoms with E-state index in [1.54, 1.807) is 17.9 Å². The third-order valence-electron chi connectivity index (χ3n) is 4.02. The Balaban J connectivity index is 1.54. The summed E-state index contributed by atoms with van der Waals surface area (Å²) in [4.78, 5) is 14.6. The first-order valence-corrected chi connectivity index (χ1v) is 7.79. The Morgan fingerprint density at radius 1 is 1.21 bits per heavy atom. The Labute approximate surface area is 138 Å². The van der Waals surface area contributed by atoms with Gasteiger partial charge in [0.2, 0.25) is 17.9 Å². The van der Waals surface area contributed by atoms with Gasteiger partial charge in [-0.1, -0.05) is 12.1 Å². The predicted octanol–water partition coefficient (Wildman–Crippen LogP) is 1.12. The second kappa shape index (κ2) is 6.12. The van der Waals surface area contributed by atoms with Crippen molar-refractivity contribution in [2.75, 3.05) is 26.4 Å². The van der Waals surface area contributed by atoms with Gasteiger partial charge in [0.15, 0.2) is 11.5 Å². The van der Waals surface area contributed by atoms with Gasteiger partial charge in [-0.15, -0.1) is 10.2 Å². The number of amides is 1. The van der Waals surface area contributed by atoms with Crippen LogP contribution in [-0.4, -0.2) is 53.5 Å². The number of carbonyl (C=O) groups excluding carboxylic acids is 1. The summed E-state index contributed by atoms with van der Waals surface area (Å²) in [6, 6.07) is 6.89. The average molecular weight is 331 g/mol. The summed E-state index contributed by atoms with van der Waals surface area (Å²) in [6.07, 6.45) is -0.704. The molecule has 126 valence electrons. The molecule has 0 radical (unpaired) electrons. The van der Waals surface area contributed by atoms with E-state index in [1.807, 2.05) is 18.2 Å². The summed E-state index contributed by atoms with van der Waals surface area (Å²) in [5, 5.41) is 7.85. The van der Waals surface area contributed by atoms with Gasteiger partial charge in [0.1, 0.15) is 12.6 Å². The highest BCUT2D eigenvalue weighted by Crippen LogP contribution is 2.32. The molecule has 2 aliphatic heterocycles. The summed E-state index contributed by atoms with van der Waals surface area (Å²) >= 11 is 0. The fraction of sp³-hybridized carbons (Fsp3) is 0.438. The normalized spacial score (nSPS) is 23.1. The molecular weight excluding hydrogens is 314 g/mol. The molecule has 0 saturated carbocycles. The van der Waals surface area contributed by atoms with Gasteiger partial charge >= 0.3 is 0 Å². The number of fused-ring (bicyclic) bond motifs is 1. The highest BCUT2D eigenvalue weighted by atomic mass is 16.6. The zero-order valence-corrected chi connectivity index (χ0v) is 13.2. The lowest BCUT2D eigenvalue weighted by atomic mass is 10.1. The van der Waals surface area contributed by atoms with Crippen LogP contribution in [0.3, 0.4) is 0 Å². The van der Waals surface area contributed by atoms with Crippen LogP contribution in [-0.2, 0) is 9.53 Å². The van der Waals surface area contributed by atoms with Gasteiger partial charge in [-0.25, -0.2) is 0 Å². The Morgan fingerprint density at radius 2 is 2.04 bits per heavy atom. The first kappa shape index (κ1) is 14.9. The lowest BCUT2D eigenvalue weighted by molar-refractivity contribution is -0.151. The van der Waals surface area contributed by atoms with Gasteiger partial charge < -0.3 is 23.5 Å². The van der Waals surface area contributed by atoms with Crippen LogP contribution in [0.1, 0.15) is 17.8 Å². The summed E-state index contributed by atoms with van der Waals surface area (Å²) in [5.74, 6) is 1.87. The molecule has 0 bridgehead atoms. The van der Waals surface area contributed by atoms with Crippen molar-refractivity contribution in [3.05, 3.63) is 36.0 Å². The van der Waals surface area contributed by atoms with Crippen molar-refractivity contribution in [2.45, 2.75) is 19.1 Å². The summed E-state index contributed by atoms with van der Waals surface area (Å²) in [7, 11) is 0. The van der Waals surface area contributed by atoms with Crippen LogP contribution in [0.2, 0.25) is 0 Å². The minimum atomic E-state index is -0.704. The Bertz CT molecular complexity index is 747. The maximum atomic E-state index is 12.9. The third kappa shape index (κ3) is 2.69. The van der Waals surface area contributed by atoms with Gasteiger partial charge in [0.25, 0.3) is 5.91 Å². The summed E-state index contributed by atoms with van der Waals surface area (Å²) in [6.45, 7) is 3.09. The van der Waals surface area contributed by atoms with Crippen molar-refractivity contribution in [2.24, 2.45) is 0 Å². The minimum absolute atomic E-state index is 0.169. The van der Waals surface area contributed by atoms with Crippen LogP contribution in [0.5, 0.6) is 11.5 Å². The number of ether oxygens (including phenoxy) is 3. The third-order valence-corrected chi connectivity index (χ3v) is 4.02. The van der Waals surface area contributed by atoms with Crippen molar-refractivity contribution in [1.82, 2.24) is 15.1 Å². The number of aromatic nitrogens is 2. The van der Waals surface area contributed by atoms with E-state index in [-0.39, 0.29) is 12.5 Å². The number of nitrogens with zero attached hydrogens (tertiary/aromatic N) is 3. The molecule has 2 aliphatic rings. The molecule has 8 nitrogen and oxygen atoms in total. The molecule has 3 heterocycles. The van der Waals surface area contributed by atoms with E-state index < -0.39 is 12.1 Å². The fourth-order valence-electron chi connectivity index (χ4n) is 2.84. The van der Waals surface area contributed by atoms with E-state index in [4.69, 9.17) is 18.6 Å². The molecule has 0 unspecified atom stereocenters. The number of carbonyl (C=O) groups is 1. The Morgan fingerprint density at radius 3 is 2.83 bits per heavy atom. The molecular formula is C16H17N3O5. The second-order valence-corrected chi connectivity index (χ2v) is 5.65. The number of aryl methyl sites for hydroxylation is 1. The quantitative estimate of drug-likeness (QED) is 0.815. The number of hydrogen-bond acceptors (Lipinski definition) is 7. The SMILES string of the molecule is Cc1nnc([C@@H]2COCCN2C(=O)[C@H]2COc3ccccc3O2)o1. The van der Waals surface area contributed by atoms with Crippen LogP contribution >= 0.6 is 0 Å². The number of benzene rings is 1. The van der Waals surface area contributed by atoms with Crippen molar-refractivity contribution >= 4 is 5.91 Å². The second-order valence-electron chi connectivity index (χ2n) is 5.65. The highest BCUT2D eigenvalue weighted by Gasteiger charge is 2.38. The molecule has 1 saturated heterocycles. The van der Waals surface area contributed by atoms with Crippen molar-refractivity contribution < 1.29 is 23.4 Å². The summed E-state index contributed by atoms with van der Waals surface area (Å²) < 4.78 is 22.4. The first-order chi connectivity index (χ1) is 11.7. The number of hydrogen-bond donors (Lipinski definition) is 0. The highest BCUT2D eigenvalue weighted by molar-refractivity contribution is 5.82. The van der Waals surface area contributed by atoms with E-state index in [9.17, 15) is 4.79 Å². The minimum Gasteiger partial charge on any atom is -0.485 e. The Kier molecular flexibility index (Phi) is 3.81. The fourth-order valence-corrected chi connectivity index (χ4v) is 2.84. The monoisotopic (exact) mass is 331 g/mol. The average Bonchev–Trinajstić information content (AvgIpc) is 3.07. The van der Waals surface area contributed by atoms with Crippen molar-refractivity contribution in [3.63, 3.8) is 0 Å². The van der Waals surface area contributed by atoms with E-state index in [2.05, 4.69) is 10.2 Å². The topological polar surface area (TPSA) is 86.9 Å². The van der Waals surface area contributed by atoms with Crippen LogP contribution < -0.4 is 9.47 Å². The summed E-state index contributed by atoms with van der Waals surface area (Å²) in [5.41, 5.74) is 0. The zero-order valence-electron chi connectivity index (χ0n) is 13.2. The lowest BCUT2D eigenvalue weighted by Gasteiger charge is -2.36. The molecule has 8 heteroatoms. The molecule has 0 spiro atoms. The molecule has 4 rings (SSSR count). The number of morpholine rings is 1. The molecule has 0 N–H and O–H groups in total. The smallest absolute Gasteiger partial charge is 0.268 e. The molecule has 2 atom stereocenters. The van der Waals surface area contributed by atoms with Gasteiger partial charge in [0, 0.05) is 13.5 Å². The molecule has 24 heavy (non-hydrogen) atoms. The van der Waals surface area contributed by atoms with Crippen LogP contribution in [0.4, 0.5) is 0 Å². The molecule has 1 aromatic carbocycles. The lowest BCUT2D eigenvalue weighted by Crippen LogP contribution is -2.51. The van der Waals surface area contributed by atoms with E-state index in [1.165, 1.54) is 0 Å². The Hall–Kier alpha value is -2.61. The molecule has 2 aromatic rings. The van der Waals surface area contributed by atoms with E-state index in [0.29, 0.717) is 43.0 Å². The largest absolute Gasteiger partial charge is 0.485 e. The standard InChI is InChI=1S/C16H17N3O5/c1-10-17-18-15(23-10)11-8-21-7-6-19(11)16(20)14-9-22-12-4-2-3-5-13(12)24-14/h2-5,11,14H,6-9H2,1H3/t11-,14+/m0/s1. The van der Waals surface area contributed by atoms with Gasteiger partial charge in [0.05, 0.1) is 13.2 Å². The van der Waals surface area contributed by atoms with E-state index in [0.717, 1.165) is 0 Å².